The molecule has 0 atom stereocenters. The predicted molar refractivity (Wildman–Crippen MR) is 121 cm³/mol. The van der Waals surface area contributed by atoms with Crippen LogP contribution in [0.4, 0.5) is 5.82 Å². The number of amides is 1. The van der Waals surface area contributed by atoms with E-state index in [1.165, 1.54) is 0 Å². The van der Waals surface area contributed by atoms with Gasteiger partial charge in [-0.3, -0.25) is 4.79 Å². The minimum atomic E-state index is -0.376. The van der Waals surface area contributed by atoms with E-state index in [9.17, 15) is 4.79 Å². The molecule has 3 aromatic heterocycles. The fraction of sp³-hybridized carbons (Fsp3) is 0.0800. The van der Waals surface area contributed by atoms with Crippen LogP contribution in [0, 0.1) is 6.92 Å². The van der Waals surface area contributed by atoms with Gasteiger partial charge in [0.1, 0.15) is 23.9 Å². The first-order valence-electron chi connectivity index (χ1n) is 10.2. The summed E-state index contributed by atoms with van der Waals surface area (Å²) in [6.45, 7) is 2.07. The molecule has 0 aliphatic heterocycles. The first-order chi connectivity index (χ1) is 15.7. The minimum absolute atomic E-state index is 0.188. The Balaban J connectivity index is 1.27. The van der Waals surface area contributed by atoms with Crippen molar-refractivity contribution < 1.29 is 13.9 Å². The molecule has 32 heavy (non-hydrogen) atoms. The van der Waals surface area contributed by atoms with Crippen LogP contribution in [0.15, 0.2) is 89.5 Å². The number of benzene rings is 2. The fourth-order valence-electron chi connectivity index (χ4n) is 3.41. The van der Waals surface area contributed by atoms with Gasteiger partial charge in [-0.1, -0.05) is 36.4 Å². The van der Waals surface area contributed by atoms with Crippen molar-refractivity contribution in [1.82, 2.24) is 14.8 Å². The summed E-state index contributed by atoms with van der Waals surface area (Å²) in [5.41, 5.74) is 0.759. The molecule has 3 heterocycles. The molecule has 2 aromatic carbocycles. The van der Waals surface area contributed by atoms with Gasteiger partial charge in [-0.05, 0) is 54.1 Å². The molecule has 5 aromatic rings. The largest absolute Gasteiger partial charge is 0.486 e. The maximum Gasteiger partial charge on any atom is 0.292 e. The SMILES string of the molecule is Cc1cc(NC(=O)c2ccc(COc3ccc4ccccc4c3)o2)n(-c2ccccn2)n1. The minimum Gasteiger partial charge on any atom is -0.486 e. The zero-order valence-corrected chi connectivity index (χ0v) is 17.4. The van der Waals surface area contributed by atoms with E-state index in [1.54, 1.807) is 29.1 Å². The Bertz CT molecular complexity index is 1390. The molecular formula is C25H20N4O3. The second kappa shape index (κ2) is 8.39. The van der Waals surface area contributed by atoms with Crippen molar-refractivity contribution >= 4 is 22.5 Å². The number of carbonyl (C=O) groups excluding carboxylic acids is 1. The quantitative estimate of drug-likeness (QED) is 0.407. The number of ether oxygens (including phenoxy) is 1. The van der Waals surface area contributed by atoms with Crippen LogP contribution in [0.1, 0.15) is 22.0 Å². The fourth-order valence-corrected chi connectivity index (χ4v) is 3.41. The molecule has 0 bridgehead atoms. The molecule has 1 N–H and O–H groups in total. The lowest BCUT2D eigenvalue weighted by molar-refractivity contribution is 0.0992. The summed E-state index contributed by atoms with van der Waals surface area (Å²) in [7, 11) is 0. The summed E-state index contributed by atoms with van der Waals surface area (Å²) >= 11 is 0. The van der Waals surface area contributed by atoms with Gasteiger partial charge in [0.25, 0.3) is 5.91 Å². The number of furan rings is 1. The van der Waals surface area contributed by atoms with Crippen LogP contribution in [0.25, 0.3) is 16.6 Å². The van der Waals surface area contributed by atoms with Crippen molar-refractivity contribution in [3.05, 3.63) is 102 Å². The van der Waals surface area contributed by atoms with Gasteiger partial charge in [0, 0.05) is 12.3 Å². The monoisotopic (exact) mass is 424 g/mol. The number of pyridine rings is 1. The van der Waals surface area contributed by atoms with Crippen LogP contribution >= 0.6 is 0 Å². The predicted octanol–water partition coefficient (Wildman–Crippen LogP) is 5.15. The zero-order valence-electron chi connectivity index (χ0n) is 17.4. The van der Waals surface area contributed by atoms with E-state index in [2.05, 4.69) is 21.5 Å². The smallest absolute Gasteiger partial charge is 0.292 e. The van der Waals surface area contributed by atoms with Gasteiger partial charge in [-0.25, -0.2) is 4.98 Å². The average Bonchev–Trinajstić information content (AvgIpc) is 3.45. The molecule has 7 heteroatoms. The lowest BCUT2D eigenvalue weighted by atomic mass is 10.1. The molecule has 7 nitrogen and oxygen atoms in total. The van der Waals surface area contributed by atoms with E-state index < -0.39 is 0 Å². The maximum absolute atomic E-state index is 12.7. The van der Waals surface area contributed by atoms with Gasteiger partial charge in [-0.15, -0.1) is 0 Å². The number of nitrogens with zero attached hydrogens (tertiary/aromatic N) is 3. The Labute approximate surface area is 184 Å². The van der Waals surface area contributed by atoms with Gasteiger partial charge in [0.2, 0.25) is 0 Å². The Morgan fingerprint density at radius 2 is 1.84 bits per heavy atom. The number of carbonyl (C=O) groups is 1. The normalized spacial score (nSPS) is 10.9. The molecule has 5 rings (SSSR count). The van der Waals surface area contributed by atoms with Gasteiger partial charge < -0.3 is 14.5 Å². The molecule has 0 radical (unpaired) electrons. The highest BCUT2D eigenvalue weighted by molar-refractivity contribution is 6.02. The second-order valence-corrected chi connectivity index (χ2v) is 7.29. The third-order valence-corrected chi connectivity index (χ3v) is 4.93. The highest BCUT2D eigenvalue weighted by atomic mass is 16.5. The van der Waals surface area contributed by atoms with E-state index in [-0.39, 0.29) is 18.3 Å². The van der Waals surface area contributed by atoms with E-state index in [0.717, 1.165) is 22.2 Å². The lowest BCUT2D eigenvalue weighted by Crippen LogP contribution is -2.15. The highest BCUT2D eigenvalue weighted by Crippen LogP contribution is 2.22. The first-order valence-corrected chi connectivity index (χ1v) is 10.2. The van der Waals surface area contributed by atoms with Crippen LogP contribution in [-0.2, 0) is 6.61 Å². The number of aryl methyl sites for hydroxylation is 1. The second-order valence-electron chi connectivity index (χ2n) is 7.29. The molecule has 0 saturated heterocycles. The summed E-state index contributed by atoms with van der Waals surface area (Å²) < 4.78 is 13.1. The standard InChI is InChI=1S/C25H20N4O3/c1-17-14-24(29(28-17)23-8-4-5-13-26-23)27-25(30)22-12-11-21(32-22)16-31-20-10-9-18-6-2-3-7-19(18)15-20/h2-15H,16H2,1H3,(H,27,30). The third-order valence-electron chi connectivity index (χ3n) is 4.93. The Morgan fingerprint density at radius 3 is 2.69 bits per heavy atom. The van der Waals surface area contributed by atoms with Crippen molar-refractivity contribution in [3.8, 4) is 11.6 Å². The van der Waals surface area contributed by atoms with Crippen LogP contribution in [0.2, 0.25) is 0 Å². The maximum atomic E-state index is 12.7. The topological polar surface area (TPSA) is 82.2 Å². The van der Waals surface area contributed by atoms with E-state index in [1.807, 2.05) is 61.5 Å². The Morgan fingerprint density at radius 1 is 1.00 bits per heavy atom. The molecule has 0 aliphatic carbocycles. The molecule has 0 spiro atoms. The van der Waals surface area contributed by atoms with Crippen LogP contribution in [-0.4, -0.2) is 20.7 Å². The first kappa shape index (κ1) is 19.6. The van der Waals surface area contributed by atoms with Gasteiger partial charge in [0.05, 0.1) is 5.69 Å². The summed E-state index contributed by atoms with van der Waals surface area (Å²) in [6.07, 6.45) is 1.67. The Hall–Kier alpha value is -4.39. The van der Waals surface area contributed by atoms with Crippen molar-refractivity contribution in [3.63, 3.8) is 0 Å². The van der Waals surface area contributed by atoms with Crippen molar-refractivity contribution in [2.75, 3.05) is 5.32 Å². The molecule has 0 saturated carbocycles. The van der Waals surface area contributed by atoms with Crippen molar-refractivity contribution in [2.24, 2.45) is 0 Å². The van der Waals surface area contributed by atoms with Crippen LogP contribution in [0.3, 0.4) is 0 Å². The highest BCUT2D eigenvalue weighted by Gasteiger charge is 2.16. The van der Waals surface area contributed by atoms with Crippen LogP contribution < -0.4 is 10.1 Å². The Kier molecular flexibility index (Phi) is 5.13. The van der Waals surface area contributed by atoms with Crippen molar-refractivity contribution in [2.45, 2.75) is 13.5 Å². The summed E-state index contributed by atoms with van der Waals surface area (Å²) in [5.74, 6) is 2.22. The number of rotatable bonds is 6. The van der Waals surface area contributed by atoms with Crippen LogP contribution in [0.5, 0.6) is 5.75 Å². The number of anilines is 1. The molecular weight excluding hydrogens is 404 g/mol. The van der Waals surface area contributed by atoms with E-state index in [4.69, 9.17) is 9.15 Å². The molecule has 0 aliphatic rings. The summed E-state index contributed by atoms with van der Waals surface area (Å²) in [6, 6.07) is 24.6. The average molecular weight is 424 g/mol. The number of hydrogen-bond acceptors (Lipinski definition) is 5. The lowest BCUT2D eigenvalue weighted by Gasteiger charge is -2.07. The van der Waals surface area contributed by atoms with Gasteiger partial charge in [0.15, 0.2) is 11.6 Å². The van der Waals surface area contributed by atoms with Gasteiger partial charge in [-0.2, -0.15) is 9.78 Å². The van der Waals surface area contributed by atoms with E-state index >= 15 is 0 Å². The third kappa shape index (κ3) is 4.09. The number of hydrogen-bond donors (Lipinski definition) is 1. The molecule has 158 valence electrons. The van der Waals surface area contributed by atoms with E-state index in [0.29, 0.717) is 17.4 Å². The molecule has 1 amide bonds. The molecule has 0 fully saturated rings. The summed E-state index contributed by atoms with van der Waals surface area (Å²) in [5, 5.41) is 9.50. The summed E-state index contributed by atoms with van der Waals surface area (Å²) in [4.78, 5) is 17.0. The van der Waals surface area contributed by atoms with Gasteiger partial charge >= 0.3 is 0 Å². The van der Waals surface area contributed by atoms with Crippen molar-refractivity contribution in [1.29, 1.82) is 0 Å². The zero-order chi connectivity index (χ0) is 21.9. The number of aromatic nitrogens is 3. The number of nitrogens with one attached hydrogen (secondary N) is 1. The molecule has 0 unspecified atom stereocenters. The number of fused-ring (bicyclic) bond motifs is 1.